The molecule has 3 N–H and O–H groups in total. The lowest BCUT2D eigenvalue weighted by atomic mass is 10.2. The van der Waals surface area contributed by atoms with Crippen molar-refractivity contribution in [2.45, 2.75) is 30.8 Å². The first-order valence-electron chi connectivity index (χ1n) is 6.58. The van der Waals surface area contributed by atoms with Crippen LogP contribution in [0.25, 0.3) is 0 Å². The molecule has 1 atom stereocenters. The fourth-order valence-corrected chi connectivity index (χ4v) is 2.93. The predicted octanol–water partition coefficient (Wildman–Crippen LogP) is 2.21. The van der Waals surface area contributed by atoms with Gasteiger partial charge in [0.25, 0.3) is 0 Å². The van der Waals surface area contributed by atoms with Gasteiger partial charge in [0.2, 0.25) is 0 Å². The van der Waals surface area contributed by atoms with Gasteiger partial charge in [-0.1, -0.05) is 12.1 Å². The Morgan fingerprint density at radius 1 is 1.45 bits per heavy atom. The van der Waals surface area contributed by atoms with Crippen LogP contribution >= 0.6 is 11.8 Å². The molecule has 0 saturated heterocycles. The van der Waals surface area contributed by atoms with Gasteiger partial charge in [0.05, 0.1) is 0 Å². The zero-order valence-corrected chi connectivity index (χ0v) is 12.2. The molecule has 4 nitrogen and oxygen atoms in total. The molecule has 0 radical (unpaired) electrons. The van der Waals surface area contributed by atoms with Crippen molar-refractivity contribution >= 4 is 11.8 Å². The van der Waals surface area contributed by atoms with Crippen molar-refractivity contribution in [3.63, 3.8) is 0 Å². The number of hydrogen-bond acceptors (Lipinski definition) is 4. The van der Waals surface area contributed by atoms with E-state index in [1.165, 1.54) is 17.8 Å². The molecule has 1 heterocycles. The van der Waals surface area contributed by atoms with Gasteiger partial charge < -0.3 is 4.57 Å². The lowest BCUT2D eigenvalue weighted by Crippen LogP contribution is -2.39. The van der Waals surface area contributed by atoms with Gasteiger partial charge in [-0.3, -0.25) is 11.3 Å². The van der Waals surface area contributed by atoms with E-state index in [1.807, 2.05) is 12.3 Å². The molecule has 1 aromatic carbocycles. The van der Waals surface area contributed by atoms with Crippen LogP contribution in [0.3, 0.4) is 0 Å². The summed E-state index contributed by atoms with van der Waals surface area (Å²) in [6, 6.07) is 6.82. The van der Waals surface area contributed by atoms with Gasteiger partial charge >= 0.3 is 0 Å². The van der Waals surface area contributed by atoms with E-state index in [0.717, 1.165) is 18.8 Å². The Morgan fingerprint density at radius 3 is 2.95 bits per heavy atom. The zero-order valence-electron chi connectivity index (χ0n) is 11.4. The van der Waals surface area contributed by atoms with Crippen LogP contribution in [0.2, 0.25) is 0 Å². The van der Waals surface area contributed by atoms with E-state index < -0.39 is 0 Å². The molecular formula is C14H19FN4S. The number of imidazole rings is 1. The number of nitrogens with two attached hydrogens (primary N) is 1. The highest BCUT2D eigenvalue weighted by Crippen LogP contribution is 2.22. The normalized spacial score (nSPS) is 12.6. The van der Waals surface area contributed by atoms with Gasteiger partial charge in [0.15, 0.2) is 0 Å². The number of halogens is 1. The van der Waals surface area contributed by atoms with Crippen LogP contribution in [-0.4, -0.2) is 21.3 Å². The van der Waals surface area contributed by atoms with Crippen LogP contribution in [0.4, 0.5) is 4.39 Å². The minimum Gasteiger partial charge on any atom is -0.335 e. The Bertz CT molecular complexity index is 543. The van der Waals surface area contributed by atoms with Crippen molar-refractivity contribution in [2.75, 3.05) is 5.75 Å². The van der Waals surface area contributed by atoms with Crippen LogP contribution in [0, 0.1) is 5.82 Å². The molecule has 20 heavy (non-hydrogen) atoms. The molecular weight excluding hydrogens is 275 g/mol. The number of nitrogens with zero attached hydrogens (tertiary/aromatic N) is 2. The number of benzene rings is 1. The average molecular weight is 294 g/mol. The highest BCUT2D eigenvalue weighted by atomic mass is 32.2. The van der Waals surface area contributed by atoms with Gasteiger partial charge in [0, 0.05) is 42.0 Å². The fourth-order valence-electron chi connectivity index (χ4n) is 1.96. The second kappa shape index (κ2) is 7.42. The molecule has 0 spiro atoms. The van der Waals surface area contributed by atoms with Crippen molar-refractivity contribution in [2.24, 2.45) is 5.84 Å². The van der Waals surface area contributed by atoms with Gasteiger partial charge in [-0.2, -0.15) is 0 Å². The summed E-state index contributed by atoms with van der Waals surface area (Å²) in [6.07, 6.45) is 4.46. The summed E-state index contributed by atoms with van der Waals surface area (Å²) in [5.41, 5.74) is 2.78. The summed E-state index contributed by atoms with van der Waals surface area (Å²) >= 11 is 1.46. The maximum atomic E-state index is 13.6. The maximum Gasteiger partial charge on any atom is 0.136 e. The van der Waals surface area contributed by atoms with Crippen molar-refractivity contribution in [3.05, 3.63) is 48.3 Å². The second-order valence-corrected chi connectivity index (χ2v) is 5.50. The standard InChI is InChI=1S/C14H19FN4S/c1-2-19-8-7-17-14(19)9-11(18-16)10-20-13-6-4-3-5-12(13)15/h3-8,11,18H,2,9-10,16H2,1H3. The second-order valence-electron chi connectivity index (χ2n) is 4.44. The average Bonchev–Trinajstić information content (AvgIpc) is 2.92. The van der Waals surface area contributed by atoms with Crippen molar-refractivity contribution in [1.29, 1.82) is 0 Å². The third kappa shape index (κ3) is 3.82. The first-order valence-corrected chi connectivity index (χ1v) is 7.56. The summed E-state index contributed by atoms with van der Waals surface area (Å²) in [5, 5.41) is 0. The summed E-state index contributed by atoms with van der Waals surface area (Å²) in [4.78, 5) is 4.98. The predicted molar refractivity (Wildman–Crippen MR) is 79.8 cm³/mol. The molecule has 6 heteroatoms. The van der Waals surface area contributed by atoms with E-state index in [9.17, 15) is 4.39 Å². The third-order valence-corrected chi connectivity index (χ3v) is 4.29. The van der Waals surface area contributed by atoms with Crippen LogP contribution in [-0.2, 0) is 13.0 Å². The monoisotopic (exact) mass is 294 g/mol. The van der Waals surface area contributed by atoms with Gasteiger partial charge in [-0.05, 0) is 19.1 Å². The number of aromatic nitrogens is 2. The number of hydrazine groups is 1. The molecule has 0 aliphatic heterocycles. The van der Waals surface area contributed by atoms with E-state index in [-0.39, 0.29) is 11.9 Å². The Balaban J connectivity index is 1.94. The highest BCUT2D eigenvalue weighted by molar-refractivity contribution is 7.99. The molecule has 2 aromatic rings. The molecule has 0 aliphatic rings. The number of rotatable bonds is 7. The SMILES string of the molecule is CCn1ccnc1CC(CSc1ccccc1F)NN. The minimum absolute atomic E-state index is 0.0484. The number of nitrogens with one attached hydrogen (secondary N) is 1. The third-order valence-electron chi connectivity index (χ3n) is 3.08. The fraction of sp³-hybridized carbons (Fsp3) is 0.357. The van der Waals surface area contributed by atoms with Gasteiger partial charge in [-0.15, -0.1) is 11.8 Å². The maximum absolute atomic E-state index is 13.6. The Labute approximate surface area is 122 Å². The summed E-state index contributed by atoms with van der Waals surface area (Å²) in [6.45, 7) is 2.96. The van der Waals surface area contributed by atoms with Crippen molar-refractivity contribution in [3.8, 4) is 0 Å². The van der Waals surface area contributed by atoms with E-state index >= 15 is 0 Å². The topological polar surface area (TPSA) is 55.9 Å². The minimum atomic E-state index is -0.191. The van der Waals surface area contributed by atoms with Crippen molar-refractivity contribution < 1.29 is 4.39 Å². The molecule has 0 aliphatic carbocycles. The van der Waals surface area contributed by atoms with Gasteiger partial charge in [0.1, 0.15) is 11.6 Å². The number of thioether (sulfide) groups is 1. The Kier molecular flexibility index (Phi) is 5.58. The van der Waals surface area contributed by atoms with Gasteiger partial charge in [-0.25, -0.2) is 9.37 Å². The first-order chi connectivity index (χ1) is 9.74. The summed E-state index contributed by atoms with van der Waals surface area (Å²) < 4.78 is 15.6. The van der Waals surface area contributed by atoms with E-state index in [0.29, 0.717) is 10.6 Å². The molecule has 1 aromatic heterocycles. The number of hydrogen-bond donors (Lipinski definition) is 2. The first kappa shape index (κ1) is 15.0. The quantitative estimate of drug-likeness (QED) is 0.467. The number of aryl methyl sites for hydroxylation is 1. The van der Waals surface area contributed by atoms with Crippen LogP contribution in [0.15, 0.2) is 41.6 Å². The Morgan fingerprint density at radius 2 is 2.25 bits per heavy atom. The molecule has 0 saturated carbocycles. The molecule has 108 valence electrons. The summed E-state index contributed by atoms with van der Waals surface area (Å²) in [5.74, 6) is 7.08. The van der Waals surface area contributed by atoms with Crippen LogP contribution < -0.4 is 11.3 Å². The molecule has 1 unspecified atom stereocenters. The van der Waals surface area contributed by atoms with Crippen LogP contribution in [0.5, 0.6) is 0 Å². The lowest BCUT2D eigenvalue weighted by Gasteiger charge is -2.16. The van der Waals surface area contributed by atoms with Crippen LogP contribution in [0.1, 0.15) is 12.7 Å². The molecule has 2 rings (SSSR count). The Hall–Kier alpha value is -1.37. The molecule has 0 fully saturated rings. The lowest BCUT2D eigenvalue weighted by molar-refractivity contribution is 0.543. The van der Waals surface area contributed by atoms with E-state index in [2.05, 4.69) is 21.9 Å². The molecule has 0 bridgehead atoms. The van der Waals surface area contributed by atoms with E-state index in [4.69, 9.17) is 5.84 Å². The zero-order chi connectivity index (χ0) is 14.4. The molecule has 0 amide bonds. The smallest absolute Gasteiger partial charge is 0.136 e. The largest absolute Gasteiger partial charge is 0.335 e. The van der Waals surface area contributed by atoms with E-state index in [1.54, 1.807) is 18.3 Å². The highest BCUT2D eigenvalue weighted by Gasteiger charge is 2.13. The summed E-state index contributed by atoms with van der Waals surface area (Å²) in [7, 11) is 0. The van der Waals surface area contributed by atoms with Crippen molar-refractivity contribution in [1.82, 2.24) is 15.0 Å².